The summed E-state index contributed by atoms with van der Waals surface area (Å²) >= 11 is 0. The fourth-order valence-electron chi connectivity index (χ4n) is 3.59. The molecule has 26 heavy (non-hydrogen) atoms. The van der Waals surface area contributed by atoms with Gasteiger partial charge in [-0.05, 0) is 61.3 Å². The van der Waals surface area contributed by atoms with Crippen LogP contribution < -0.4 is 0 Å². The number of hydrogen-bond acceptors (Lipinski definition) is 3. The van der Waals surface area contributed by atoms with Crippen molar-refractivity contribution < 1.29 is 14.7 Å². The summed E-state index contributed by atoms with van der Waals surface area (Å²) in [7, 11) is 0. The minimum Gasteiger partial charge on any atom is -0.478 e. The molecule has 1 unspecified atom stereocenters. The van der Waals surface area contributed by atoms with E-state index in [4.69, 9.17) is 5.11 Å². The fraction of sp³-hybridized carbons (Fsp3) is 0.450. The van der Waals surface area contributed by atoms with Crippen LogP contribution in [0.4, 0.5) is 0 Å². The van der Waals surface area contributed by atoms with Gasteiger partial charge in [-0.25, -0.2) is 4.79 Å². The van der Waals surface area contributed by atoms with Crippen LogP contribution in [0.5, 0.6) is 0 Å². The maximum Gasteiger partial charge on any atom is 0.335 e. The van der Waals surface area contributed by atoms with Gasteiger partial charge in [-0.3, -0.25) is 9.89 Å². The van der Waals surface area contributed by atoms with Gasteiger partial charge in [0.2, 0.25) is 5.91 Å². The van der Waals surface area contributed by atoms with Crippen LogP contribution in [0, 0.1) is 5.92 Å². The highest BCUT2D eigenvalue weighted by molar-refractivity contribution is 5.87. The van der Waals surface area contributed by atoms with E-state index in [9.17, 15) is 9.59 Å². The first kappa shape index (κ1) is 18.2. The Labute approximate surface area is 153 Å². The third-order valence-electron chi connectivity index (χ3n) is 5.01. The standard InChI is InChI=1S/C20H25N3O3/c24-19(5-1-3-17-12-21-22-13-17)23-10-2-4-16(14-23)11-15-6-8-18(9-7-15)20(25)26/h6-9,12-13,16H,1-5,10-11,14H2,(H,21,22)(H,25,26). The molecule has 1 aliphatic heterocycles. The lowest BCUT2D eigenvalue weighted by Gasteiger charge is -2.33. The molecule has 0 spiro atoms. The number of aromatic nitrogens is 2. The van der Waals surface area contributed by atoms with Crippen molar-refractivity contribution >= 4 is 11.9 Å². The number of aryl methyl sites for hydroxylation is 1. The van der Waals surface area contributed by atoms with Gasteiger partial charge in [-0.15, -0.1) is 0 Å². The zero-order valence-corrected chi connectivity index (χ0v) is 14.9. The number of carbonyl (C=O) groups excluding carboxylic acids is 1. The average Bonchev–Trinajstić information content (AvgIpc) is 3.16. The summed E-state index contributed by atoms with van der Waals surface area (Å²) < 4.78 is 0. The van der Waals surface area contributed by atoms with Crippen LogP contribution in [0.25, 0.3) is 0 Å². The number of rotatable bonds is 7. The van der Waals surface area contributed by atoms with E-state index < -0.39 is 5.97 Å². The number of amides is 1. The van der Waals surface area contributed by atoms with E-state index in [-0.39, 0.29) is 5.91 Å². The number of nitrogens with zero attached hydrogens (tertiary/aromatic N) is 2. The first-order valence-electron chi connectivity index (χ1n) is 9.19. The van der Waals surface area contributed by atoms with Crippen molar-refractivity contribution in [3.63, 3.8) is 0 Å². The van der Waals surface area contributed by atoms with Crippen LogP contribution in [-0.4, -0.2) is 45.2 Å². The maximum atomic E-state index is 12.5. The van der Waals surface area contributed by atoms with Crippen LogP contribution in [0.1, 0.15) is 47.2 Å². The first-order chi connectivity index (χ1) is 12.6. The van der Waals surface area contributed by atoms with Gasteiger partial charge in [0.05, 0.1) is 11.8 Å². The Hall–Kier alpha value is -2.63. The molecule has 1 saturated heterocycles. The Morgan fingerprint density at radius 2 is 2.04 bits per heavy atom. The van der Waals surface area contributed by atoms with Crippen molar-refractivity contribution in [2.24, 2.45) is 5.92 Å². The van der Waals surface area contributed by atoms with E-state index in [0.29, 0.717) is 17.9 Å². The third kappa shape index (κ3) is 4.94. The monoisotopic (exact) mass is 355 g/mol. The van der Waals surface area contributed by atoms with Crippen LogP contribution in [0.15, 0.2) is 36.7 Å². The molecule has 2 N–H and O–H groups in total. The number of hydrogen-bond donors (Lipinski definition) is 2. The van der Waals surface area contributed by atoms with E-state index in [1.54, 1.807) is 18.3 Å². The van der Waals surface area contributed by atoms with E-state index >= 15 is 0 Å². The summed E-state index contributed by atoms with van der Waals surface area (Å²) in [4.78, 5) is 25.4. The van der Waals surface area contributed by atoms with Gasteiger partial charge in [0, 0.05) is 25.7 Å². The van der Waals surface area contributed by atoms with Crippen LogP contribution in [0.3, 0.4) is 0 Å². The molecule has 138 valence electrons. The highest BCUT2D eigenvalue weighted by Crippen LogP contribution is 2.22. The van der Waals surface area contributed by atoms with E-state index in [0.717, 1.165) is 56.3 Å². The van der Waals surface area contributed by atoms with Crippen LogP contribution >= 0.6 is 0 Å². The lowest BCUT2D eigenvalue weighted by molar-refractivity contribution is -0.133. The SMILES string of the molecule is O=C(O)c1ccc(CC2CCCN(C(=O)CCCc3cn[nH]c3)C2)cc1. The van der Waals surface area contributed by atoms with Crippen molar-refractivity contribution in [3.8, 4) is 0 Å². The Bertz CT molecular complexity index is 725. The Morgan fingerprint density at radius 3 is 2.73 bits per heavy atom. The van der Waals surface area contributed by atoms with E-state index in [1.807, 2.05) is 23.2 Å². The second-order valence-electron chi connectivity index (χ2n) is 7.01. The Balaban J connectivity index is 1.47. The molecule has 1 fully saturated rings. The van der Waals surface area contributed by atoms with Crippen molar-refractivity contribution in [1.82, 2.24) is 15.1 Å². The number of aromatic carboxylic acids is 1. The van der Waals surface area contributed by atoms with Crippen molar-refractivity contribution in [3.05, 3.63) is 53.3 Å². The maximum absolute atomic E-state index is 12.5. The van der Waals surface area contributed by atoms with Gasteiger partial charge >= 0.3 is 5.97 Å². The number of piperidine rings is 1. The smallest absolute Gasteiger partial charge is 0.335 e. The highest BCUT2D eigenvalue weighted by Gasteiger charge is 2.23. The quantitative estimate of drug-likeness (QED) is 0.799. The first-order valence-corrected chi connectivity index (χ1v) is 9.19. The van der Waals surface area contributed by atoms with Gasteiger partial charge in [0.1, 0.15) is 0 Å². The number of likely N-dealkylation sites (tertiary alicyclic amines) is 1. The molecule has 1 amide bonds. The fourth-order valence-corrected chi connectivity index (χ4v) is 3.59. The number of carbonyl (C=O) groups is 2. The van der Waals surface area contributed by atoms with Crippen LogP contribution in [0.2, 0.25) is 0 Å². The molecule has 2 heterocycles. The summed E-state index contributed by atoms with van der Waals surface area (Å²) in [6, 6.07) is 7.07. The topological polar surface area (TPSA) is 86.3 Å². The Kier molecular flexibility index (Phi) is 6.04. The normalized spacial score (nSPS) is 17.2. The minimum absolute atomic E-state index is 0.236. The molecule has 2 aromatic rings. The van der Waals surface area contributed by atoms with Crippen molar-refractivity contribution in [2.75, 3.05) is 13.1 Å². The van der Waals surface area contributed by atoms with Crippen LogP contribution in [-0.2, 0) is 17.6 Å². The number of carboxylic acid groups (broad SMARTS) is 1. The second kappa shape index (κ2) is 8.65. The van der Waals surface area contributed by atoms with Gasteiger partial charge in [0.15, 0.2) is 0 Å². The van der Waals surface area contributed by atoms with Crippen molar-refractivity contribution in [1.29, 1.82) is 0 Å². The summed E-state index contributed by atoms with van der Waals surface area (Å²) in [5.74, 6) is -0.224. The number of carboxylic acids is 1. The molecule has 0 aliphatic carbocycles. The number of benzene rings is 1. The molecule has 1 aromatic carbocycles. The molecular formula is C20H25N3O3. The molecule has 0 radical (unpaired) electrons. The Morgan fingerprint density at radius 1 is 1.23 bits per heavy atom. The molecule has 1 aliphatic rings. The second-order valence-corrected chi connectivity index (χ2v) is 7.01. The molecule has 3 rings (SSSR count). The number of aromatic amines is 1. The summed E-state index contributed by atoms with van der Waals surface area (Å²) in [5, 5.41) is 15.7. The lowest BCUT2D eigenvalue weighted by atomic mass is 9.90. The number of H-pyrrole nitrogens is 1. The van der Waals surface area contributed by atoms with Gasteiger partial charge in [-0.2, -0.15) is 5.10 Å². The molecule has 0 bridgehead atoms. The molecular weight excluding hydrogens is 330 g/mol. The molecule has 0 saturated carbocycles. The molecule has 1 atom stereocenters. The summed E-state index contributed by atoms with van der Waals surface area (Å²) in [5.41, 5.74) is 2.58. The molecule has 6 nitrogen and oxygen atoms in total. The summed E-state index contributed by atoms with van der Waals surface area (Å²) in [6.07, 6.45) is 8.99. The number of nitrogens with one attached hydrogen (secondary N) is 1. The molecule has 1 aromatic heterocycles. The third-order valence-corrected chi connectivity index (χ3v) is 5.01. The predicted molar refractivity (Wildman–Crippen MR) is 97.9 cm³/mol. The van der Waals surface area contributed by atoms with Gasteiger partial charge < -0.3 is 10.0 Å². The minimum atomic E-state index is -0.901. The zero-order chi connectivity index (χ0) is 18.4. The van der Waals surface area contributed by atoms with Gasteiger partial charge in [0.25, 0.3) is 0 Å². The molecule has 6 heteroatoms. The predicted octanol–water partition coefficient (Wildman–Crippen LogP) is 2.91. The largest absolute Gasteiger partial charge is 0.478 e. The van der Waals surface area contributed by atoms with Gasteiger partial charge in [-0.1, -0.05) is 12.1 Å². The highest BCUT2D eigenvalue weighted by atomic mass is 16.4. The van der Waals surface area contributed by atoms with E-state index in [1.165, 1.54) is 0 Å². The summed E-state index contributed by atoms with van der Waals surface area (Å²) in [6.45, 7) is 1.64. The lowest BCUT2D eigenvalue weighted by Crippen LogP contribution is -2.40. The average molecular weight is 355 g/mol. The zero-order valence-electron chi connectivity index (χ0n) is 14.9. The van der Waals surface area contributed by atoms with Crippen molar-refractivity contribution in [2.45, 2.75) is 38.5 Å². The van der Waals surface area contributed by atoms with E-state index in [2.05, 4.69) is 10.2 Å².